The fraction of sp³-hybridized carbons (Fsp3) is 0.474. The number of benzene rings is 1. The van der Waals surface area contributed by atoms with Crippen molar-refractivity contribution in [2.24, 2.45) is 10.9 Å². The van der Waals surface area contributed by atoms with E-state index in [1.807, 2.05) is 6.92 Å². The Bertz CT molecular complexity index is 881. The molecule has 0 radical (unpaired) electrons. The topological polar surface area (TPSA) is 37.6 Å². The molecule has 3 rings (SSSR count). The van der Waals surface area contributed by atoms with Gasteiger partial charge in [-0.1, -0.05) is 13.8 Å². The molecule has 0 N–H and O–H groups in total. The van der Waals surface area contributed by atoms with Gasteiger partial charge >= 0.3 is 12.2 Å². The van der Waals surface area contributed by atoms with Crippen molar-refractivity contribution in [3.63, 3.8) is 0 Å². The number of halogens is 3. The van der Waals surface area contributed by atoms with Crippen molar-refractivity contribution in [1.29, 1.82) is 0 Å². The van der Waals surface area contributed by atoms with E-state index < -0.39 is 11.7 Å². The summed E-state index contributed by atoms with van der Waals surface area (Å²) in [5, 5.41) is 0. The Labute approximate surface area is 160 Å². The molecule has 2 aromatic rings. The number of aromatic nitrogens is 1. The van der Waals surface area contributed by atoms with Crippen LogP contribution < -0.4 is 4.80 Å². The summed E-state index contributed by atoms with van der Waals surface area (Å²) in [4.78, 5) is 20.2. The molecule has 1 aliphatic rings. The predicted molar refractivity (Wildman–Crippen MR) is 98.9 cm³/mol. The first-order chi connectivity index (χ1) is 12.7. The lowest BCUT2D eigenvalue weighted by Gasteiger charge is -2.25. The Morgan fingerprint density at radius 1 is 1.26 bits per heavy atom. The van der Waals surface area contributed by atoms with Gasteiger partial charge in [-0.15, -0.1) is 11.3 Å². The van der Waals surface area contributed by atoms with Crippen molar-refractivity contribution >= 4 is 17.4 Å². The number of amides is 2. The summed E-state index contributed by atoms with van der Waals surface area (Å²) in [6, 6.07) is 4.76. The predicted octanol–water partition coefficient (Wildman–Crippen LogP) is 5.01. The monoisotopic (exact) mass is 397 g/mol. The molecule has 0 aliphatic carbocycles. The van der Waals surface area contributed by atoms with Gasteiger partial charge in [0, 0.05) is 29.3 Å². The molecule has 0 bridgehead atoms. The summed E-state index contributed by atoms with van der Waals surface area (Å²) in [6.07, 6.45) is -0.657. The van der Waals surface area contributed by atoms with E-state index in [9.17, 15) is 18.0 Å². The number of nitrogens with zero attached hydrogens (tertiary/aromatic N) is 3. The molecule has 1 aliphatic heterocycles. The maximum atomic E-state index is 12.8. The minimum Gasteiger partial charge on any atom is -0.320 e. The molecular weight excluding hydrogens is 375 g/mol. The Hall–Kier alpha value is -2.09. The maximum absolute atomic E-state index is 12.8. The highest BCUT2D eigenvalue weighted by atomic mass is 32.1. The molecule has 4 nitrogen and oxygen atoms in total. The number of thiazole rings is 1. The first-order valence-corrected chi connectivity index (χ1v) is 9.70. The Morgan fingerprint density at radius 2 is 1.93 bits per heavy atom. The van der Waals surface area contributed by atoms with Crippen LogP contribution in [0.25, 0.3) is 5.69 Å². The lowest BCUT2D eigenvalue weighted by atomic mass is 10.0. The fourth-order valence-electron chi connectivity index (χ4n) is 3.40. The molecule has 1 fully saturated rings. The molecular formula is C19H22F3N3OS. The number of alkyl halides is 3. The van der Waals surface area contributed by atoms with E-state index >= 15 is 0 Å². The quantitative estimate of drug-likeness (QED) is 0.702. The van der Waals surface area contributed by atoms with E-state index in [2.05, 4.69) is 18.8 Å². The average molecular weight is 397 g/mol. The number of carbonyl (C=O) groups is 1. The normalized spacial score (nSPS) is 18.6. The van der Waals surface area contributed by atoms with Crippen LogP contribution in [0.15, 0.2) is 35.5 Å². The lowest BCUT2D eigenvalue weighted by molar-refractivity contribution is -0.137. The van der Waals surface area contributed by atoms with Gasteiger partial charge in [0.1, 0.15) is 0 Å². The van der Waals surface area contributed by atoms with Crippen LogP contribution in [0.4, 0.5) is 18.0 Å². The van der Waals surface area contributed by atoms with Crippen molar-refractivity contribution in [3.05, 3.63) is 45.7 Å². The minimum absolute atomic E-state index is 0.182. The van der Waals surface area contributed by atoms with Crippen molar-refractivity contribution in [2.75, 3.05) is 6.54 Å². The van der Waals surface area contributed by atoms with E-state index in [0.717, 1.165) is 29.9 Å². The van der Waals surface area contributed by atoms with Gasteiger partial charge in [-0.2, -0.15) is 18.2 Å². The van der Waals surface area contributed by atoms with Crippen LogP contribution in [0.2, 0.25) is 0 Å². The molecule has 1 atom stereocenters. The number of likely N-dealkylation sites (tertiary alicyclic amines) is 1. The van der Waals surface area contributed by atoms with Crippen LogP contribution in [0.3, 0.4) is 0 Å². The Balaban J connectivity index is 1.94. The zero-order valence-electron chi connectivity index (χ0n) is 15.5. The molecule has 8 heteroatoms. The highest BCUT2D eigenvalue weighted by Gasteiger charge is 2.31. The van der Waals surface area contributed by atoms with Gasteiger partial charge < -0.3 is 4.90 Å². The van der Waals surface area contributed by atoms with E-state index in [1.54, 1.807) is 15.7 Å². The highest BCUT2D eigenvalue weighted by molar-refractivity contribution is 7.09. The number of hydrogen-bond acceptors (Lipinski definition) is 2. The van der Waals surface area contributed by atoms with Gasteiger partial charge in [0.15, 0.2) is 4.80 Å². The number of hydrogen-bond donors (Lipinski definition) is 0. The van der Waals surface area contributed by atoms with E-state index in [4.69, 9.17) is 0 Å². The maximum Gasteiger partial charge on any atom is 0.416 e. The van der Waals surface area contributed by atoms with E-state index in [-0.39, 0.29) is 12.1 Å². The van der Waals surface area contributed by atoms with Gasteiger partial charge in [-0.05, 0) is 49.9 Å². The number of carbonyl (C=O) groups excluding carboxylic acids is 1. The third kappa shape index (κ3) is 4.26. The largest absolute Gasteiger partial charge is 0.416 e. The molecule has 1 saturated heterocycles. The zero-order chi connectivity index (χ0) is 19.8. The lowest BCUT2D eigenvalue weighted by Crippen LogP contribution is -2.37. The molecule has 27 heavy (non-hydrogen) atoms. The summed E-state index contributed by atoms with van der Waals surface area (Å²) in [5.74, 6) is 0.360. The standard InChI is InChI=1S/C19H22F3N3OS/c1-12(2)16-5-4-10-24(16)17(26)23-18-25(11-13(3)27-18)15-8-6-14(7-9-15)19(20,21)22/h6-9,11-12,16H,4-5,10H2,1-3H3/b23-18-. The molecule has 2 amide bonds. The van der Waals surface area contributed by atoms with E-state index in [1.165, 1.54) is 23.5 Å². The van der Waals surface area contributed by atoms with Crippen molar-refractivity contribution in [3.8, 4) is 5.69 Å². The molecule has 1 unspecified atom stereocenters. The van der Waals surface area contributed by atoms with Crippen LogP contribution in [0.5, 0.6) is 0 Å². The SMILES string of the molecule is Cc1cn(-c2ccc(C(F)(F)F)cc2)/c(=N/C(=O)N2CCCC2C(C)C)s1. The van der Waals surface area contributed by atoms with Gasteiger partial charge in [-0.3, -0.25) is 4.57 Å². The first-order valence-electron chi connectivity index (χ1n) is 8.89. The summed E-state index contributed by atoms with van der Waals surface area (Å²) in [7, 11) is 0. The third-order valence-corrected chi connectivity index (χ3v) is 5.65. The first kappa shape index (κ1) is 19.7. The number of aryl methyl sites for hydroxylation is 1. The van der Waals surface area contributed by atoms with Crippen LogP contribution in [0, 0.1) is 12.8 Å². The van der Waals surface area contributed by atoms with Gasteiger partial charge in [0.2, 0.25) is 0 Å². The third-order valence-electron chi connectivity index (χ3n) is 4.75. The molecule has 146 valence electrons. The second-order valence-corrected chi connectivity index (χ2v) is 8.29. The zero-order valence-corrected chi connectivity index (χ0v) is 16.3. The second-order valence-electron chi connectivity index (χ2n) is 7.08. The Morgan fingerprint density at radius 3 is 2.52 bits per heavy atom. The average Bonchev–Trinajstić information content (AvgIpc) is 3.21. The number of urea groups is 1. The molecule has 0 saturated carbocycles. The molecule has 2 heterocycles. The van der Waals surface area contributed by atoms with Crippen LogP contribution in [0.1, 0.15) is 37.1 Å². The summed E-state index contributed by atoms with van der Waals surface area (Å²) < 4.78 is 40.0. The minimum atomic E-state index is -4.38. The van der Waals surface area contributed by atoms with Gasteiger partial charge in [0.25, 0.3) is 0 Å². The van der Waals surface area contributed by atoms with Crippen molar-refractivity contribution in [2.45, 2.75) is 45.8 Å². The van der Waals surface area contributed by atoms with Crippen LogP contribution in [-0.2, 0) is 6.18 Å². The Kier molecular flexibility index (Phi) is 5.46. The summed E-state index contributed by atoms with van der Waals surface area (Å²) in [6.45, 7) is 6.75. The van der Waals surface area contributed by atoms with Crippen LogP contribution in [-0.4, -0.2) is 28.1 Å². The van der Waals surface area contributed by atoms with E-state index in [0.29, 0.717) is 23.0 Å². The molecule has 1 aromatic carbocycles. The van der Waals surface area contributed by atoms with Gasteiger partial charge in [-0.25, -0.2) is 4.79 Å². The number of rotatable bonds is 2. The highest BCUT2D eigenvalue weighted by Crippen LogP contribution is 2.29. The fourth-order valence-corrected chi connectivity index (χ4v) is 4.22. The second kappa shape index (κ2) is 7.50. The van der Waals surface area contributed by atoms with Crippen molar-refractivity contribution < 1.29 is 18.0 Å². The summed E-state index contributed by atoms with van der Waals surface area (Å²) in [5.41, 5.74) is -0.161. The van der Waals surface area contributed by atoms with Crippen LogP contribution >= 0.6 is 11.3 Å². The molecule has 1 aromatic heterocycles. The summed E-state index contributed by atoms with van der Waals surface area (Å²) >= 11 is 1.34. The molecule has 0 spiro atoms. The smallest absolute Gasteiger partial charge is 0.320 e. The van der Waals surface area contributed by atoms with Gasteiger partial charge in [0.05, 0.1) is 5.56 Å². The van der Waals surface area contributed by atoms with Crippen molar-refractivity contribution in [1.82, 2.24) is 9.47 Å².